The average molecular weight is 322 g/mol. The normalized spacial score (nSPS) is 13.5. The maximum atomic E-state index is 9.82. The van der Waals surface area contributed by atoms with Gasteiger partial charge in [-0.3, -0.25) is 0 Å². The van der Waals surface area contributed by atoms with Crippen molar-refractivity contribution in [1.82, 2.24) is 0 Å². The fourth-order valence-corrected chi connectivity index (χ4v) is 2.40. The molecule has 1 N–H and O–H groups in total. The number of benzene rings is 1. The lowest BCUT2D eigenvalue weighted by Gasteiger charge is -2.22. The highest BCUT2D eigenvalue weighted by atomic mass is 79.9. The highest BCUT2D eigenvalue weighted by Gasteiger charge is 2.17. The summed E-state index contributed by atoms with van der Waals surface area (Å²) in [6, 6.07) is 5.35. The summed E-state index contributed by atoms with van der Waals surface area (Å²) in [6.45, 7) is 6.55. The van der Waals surface area contributed by atoms with Gasteiger partial charge >= 0.3 is 0 Å². The Kier molecular flexibility index (Phi) is 5.29. The number of ether oxygens (including phenoxy) is 1. The summed E-state index contributed by atoms with van der Waals surface area (Å²) in [5.41, 5.74) is 0.0949. The van der Waals surface area contributed by atoms with Crippen LogP contribution in [0.1, 0.15) is 27.2 Å². The lowest BCUT2D eigenvalue weighted by atomic mass is 9.89. The molecule has 1 aromatic rings. The van der Waals surface area contributed by atoms with Crippen LogP contribution in [0.25, 0.3) is 0 Å². The molecule has 1 atom stereocenters. The topological polar surface area (TPSA) is 29.5 Å². The summed E-state index contributed by atoms with van der Waals surface area (Å²) < 4.78 is 6.38. The van der Waals surface area contributed by atoms with E-state index in [1.807, 2.05) is 6.07 Å². The van der Waals surface area contributed by atoms with Crippen molar-refractivity contribution in [3.63, 3.8) is 0 Å². The summed E-state index contributed by atoms with van der Waals surface area (Å²) >= 11 is 9.24. The van der Waals surface area contributed by atoms with E-state index in [1.54, 1.807) is 12.1 Å². The molecule has 0 saturated carbocycles. The second-order valence-electron chi connectivity index (χ2n) is 5.33. The fourth-order valence-electron chi connectivity index (χ4n) is 1.57. The lowest BCUT2D eigenvalue weighted by Crippen LogP contribution is -2.23. The minimum atomic E-state index is -0.465. The highest BCUT2D eigenvalue weighted by molar-refractivity contribution is 9.10. The minimum absolute atomic E-state index is 0.0949. The SMILES string of the molecule is CC(C)(C)CC(O)COc1cc(Cl)cc(Br)c1. The first-order chi connectivity index (χ1) is 7.76. The molecule has 0 bridgehead atoms. The van der Waals surface area contributed by atoms with Crippen LogP contribution < -0.4 is 4.74 Å². The molecule has 96 valence electrons. The third kappa shape index (κ3) is 6.29. The number of hydrogen-bond acceptors (Lipinski definition) is 2. The molecular weight excluding hydrogens is 303 g/mol. The molecule has 0 radical (unpaired) electrons. The van der Waals surface area contributed by atoms with Gasteiger partial charge in [-0.1, -0.05) is 48.3 Å². The number of halogens is 2. The fraction of sp³-hybridized carbons (Fsp3) is 0.538. The third-order valence-corrected chi connectivity index (χ3v) is 2.80. The van der Waals surface area contributed by atoms with Gasteiger partial charge in [0, 0.05) is 9.50 Å². The molecule has 0 aliphatic carbocycles. The monoisotopic (exact) mass is 320 g/mol. The molecular formula is C13H18BrClO2. The van der Waals surface area contributed by atoms with Crippen molar-refractivity contribution in [3.05, 3.63) is 27.7 Å². The van der Waals surface area contributed by atoms with Crippen molar-refractivity contribution in [2.75, 3.05) is 6.61 Å². The summed E-state index contributed by atoms with van der Waals surface area (Å²) in [5.74, 6) is 0.664. The van der Waals surface area contributed by atoms with Crippen LogP contribution in [-0.4, -0.2) is 17.8 Å². The maximum absolute atomic E-state index is 9.82. The quantitative estimate of drug-likeness (QED) is 0.897. The second kappa shape index (κ2) is 6.07. The van der Waals surface area contributed by atoms with Gasteiger partial charge in [-0.15, -0.1) is 0 Å². The van der Waals surface area contributed by atoms with E-state index in [4.69, 9.17) is 16.3 Å². The predicted octanol–water partition coefficient (Wildman–Crippen LogP) is 4.28. The van der Waals surface area contributed by atoms with Gasteiger partial charge in [-0.05, 0) is 30.0 Å². The van der Waals surface area contributed by atoms with Gasteiger partial charge < -0.3 is 9.84 Å². The van der Waals surface area contributed by atoms with Crippen LogP contribution in [0, 0.1) is 5.41 Å². The second-order valence-corrected chi connectivity index (χ2v) is 6.69. The predicted molar refractivity (Wildman–Crippen MR) is 74.7 cm³/mol. The van der Waals surface area contributed by atoms with Crippen molar-refractivity contribution in [1.29, 1.82) is 0 Å². The maximum Gasteiger partial charge on any atom is 0.122 e. The zero-order valence-electron chi connectivity index (χ0n) is 10.3. The molecule has 1 rings (SSSR count). The van der Waals surface area contributed by atoms with Gasteiger partial charge in [-0.25, -0.2) is 0 Å². The lowest BCUT2D eigenvalue weighted by molar-refractivity contribution is 0.0710. The van der Waals surface area contributed by atoms with E-state index in [0.29, 0.717) is 17.2 Å². The van der Waals surface area contributed by atoms with E-state index in [2.05, 4.69) is 36.7 Å². The van der Waals surface area contributed by atoms with E-state index < -0.39 is 6.10 Å². The molecule has 1 aromatic carbocycles. The Morgan fingerprint density at radius 1 is 1.35 bits per heavy atom. The van der Waals surface area contributed by atoms with Crippen LogP contribution in [-0.2, 0) is 0 Å². The van der Waals surface area contributed by atoms with Crippen LogP contribution >= 0.6 is 27.5 Å². The van der Waals surface area contributed by atoms with Gasteiger partial charge in [-0.2, -0.15) is 0 Å². The van der Waals surface area contributed by atoms with Crippen LogP contribution in [0.5, 0.6) is 5.75 Å². The molecule has 0 saturated heterocycles. The van der Waals surface area contributed by atoms with Crippen molar-refractivity contribution in [2.24, 2.45) is 5.41 Å². The Morgan fingerprint density at radius 2 is 2.00 bits per heavy atom. The number of rotatable bonds is 4. The van der Waals surface area contributed by atoms with E-state index in [9.17, 15) is 5.11 Å². The molecule has 1 unspecified atom stereocenters. The highest BCUT2D eigenvalue weighted by Crippen LogP contribution is 2.25. The van der Waals surface area contributed by atoms with E-state index in [1.165, 1.54) is 0 Å². The first-order valence-electron chi connectivity index (χ1n) is 5.53. The zero-order chi connectivity index (χ0) is 13.1. The molecule has 17 heavy (non-hydrogen) atoms. The Balaban J connectivity index is 2.50. The summed E-state index contributed by atoms with van der Waals surface area (Å²) in [5, 5.41) is 10.4. The van der Waals surface area contributed by atoms with Gasteiger partial charge in [0.25, 0.3) is 0 Å². The zero-order valence-corrected chi connectivity index (χ0v) is 12.7. The molecule has 0 fully saturated rings. The molecule has 0 aliphatic heterocycles. The van der Waals surface area contributed by atoms with Gasteiger partial charge in [0.2, 0.25) is 0 Å². The van der Waals surface area contributed by atoms with Crippen LogP contribution in [0.2, 0.25) is 5.02 Å². The van der Waals surface area contributed by atoms with E-state index in [-0.39, 0.29) is 12.0 Å². The molecule has 2 nitrogen and oxygen atoms in total. The largest absolute Gasteiger partial charge is 0.491 e. The number of aliphatic hydroxyl groups excluding tert-OH is 1. The number of hydrogen-bond donors (Lipinski definition) is 1. The first kappa shape index (κ1) is 14.8. The van der Waals surface area contributed by atoms with Crippen molar-refractivity contribution in [3.8, 4) is 5.75 Å². The molecule has 0 heterocycles. The summed E-state index contributed by atoms with van der Waals surface area (Å²) in [7, 11) is 0. The smallest absolute Gasteiger partial charge is 0.122 e. The first-order valence-corrected chi connectivity index (χ1v) is 6.70. The Labute approximate surface area is 116 Å². The van der Waals surface area contributed by atoms with Crippen molar-refractivity contribution in [2.45, 2.75) is 33.3 Å². The Hall–Kier alpha value is -0.250. The number of aliphatic hydroxyl groups is 1. The Bertz CT molecular complexity index is 354. The summed E-state index contributed by atoms with van der Waals surface area (Å²) in [6.07, 6.45) is 0.238. The molecule has 0 amide bonds. The van der Waals surface area contributed by atoms with Crippen molar-refractivity contribution < 1.29 is 9.84 Å². The van der Waals surface area contributed by atoms with Gasteiger partial charge in [0.15, 0.2) is 0 Å². The van der Waals surface area contributed by atoms with Crippen LogP contribution in [0.15, 0.2) is 22.7 Å². The van der Waals surface area contributed by atoms with Gasteiger partial charge in [0.05, 0.1) is 6.10 Å². The summed E-state index contributed by atoms with van der Waals surface area (Å²) in [4.78, 5) is 0. The Morgan fingerprint density at radius 3 is 2.53 bits per heavy atom. The minimum Gasteiger partial charge on any atom is -0.491 e. The van der Waals surface area contributed by atoms with E-state index in [0.717, 1.165) is 4.47 Å². The molecule has 0 aromatic heterocycles. The molecule has 0 aliphatic rings. The third-order valence-electron chi connectivity index (χ3n) is 2.13. The van der Waals surface area contributed by atoms with Crippen molar-refractivity contribution >= 4 is 27.5 Å². The molecule has 0 spiro atoms. The van der Waals surface area contributed by atoms with Gasteiger partial charge in [0.1, 0.15) is 12.4 Å². The molecule has 4 heteroatoms. The van der Waals surface area contributed by atoms with E-state index >= 15 is 0 Å². The average Bonchev–Trinajstić information content (AvgIpc) is 2.10. The standard InChI is InChI=1S/C13H18BrClO2/c1-13(2,3)7-11(16)8-17-12-5-9(14)4-10(15)6-12/h4-6,11,16H,7-8H2,1-3H3. The van der Waals surface area contributed by atoms with Crippen LogP contribution in [0.3, 0.4) is 0 Å². The van der Waals surface area contributed by atoms with Crippen LogP contribution in [0.4, 0.5) is 0 Å².